The van der Waals surface area contributed by atoms with Crippen LogP contribution in [0.2, 0.25) is 0 Å². The Hall–Kier alpha value is -2.01. The maximum atomic E-state index is 9.76. The zero-order chi connectivity index (χ0) is 13.8. The minimum Gasteiger partial charge on any atom is -0.508 e. The first-order chi connectivity index (χ1) is 9.06. The van der Waals surface area contributed by atoms with Gasteiger partial charge in [0.25, 0.3) is 0 Å². The number of benzene rings is 1. The molecule has 3 N–H and O–H groups in total. The van der Waals surface area contributed by atoms with Gasteiger partial charge in [-0.25, -0.2) is 0 Å². The van der Waals surface area contributed by atoms with Crippen molar-refractivity contribution in [2.24, 2.45) is 7.05 Å². The molecule has 0 spiro atoms. The first-order valence-electron chi connectivity index (χ1n) is 6.29. The van der Waals surface area contributed by atoms with Crippen LogP contribution in [0.1, 0.15) is 24.1 Å². The van der Waals surface area contributed by atoms with Crippen molar-refractivity contribution in [1.29, 1.82) is 0 Å². The summed E-state index contributed by atoms with van der Waals surface area (Å²) < 4.78 is 1.78. The van der Waals surface area contributed by atoms with Crippen molar-refractivity contribution in [3.05, 3.63) is 41.7 Å². The Morgan fingerprint density at radius 2 is 2.16 bits per heavy atom. The van der Waals surface area contributed by atoms with Gasteiger partial charge < -0.3 is 15.5 Å². The van der Waals surface area contributed by atoms with Crippen LogP contribution in [0.25, 0.3) is 0 Å². The van der Waals surface area contributed by atoms with E-state index >= 15 is 0 Å². The fraction of sp³-hybridized carbons (Fsp3) is 0.357. The summed E-state index contributed by atoms with van der Waals surface area (Å²) in [7, 11) is 1.89. The molecule has 1 unspecified atom stereocenters. The molecule has 2 rings (SSSR count). The fourth-order valence-electron chi connectivity index (χ4n) is 2.03. The third kappa shape index (κ3) is 3.48. The molecule has 1 atom stereocenters. The topological polar surface area (TPSA) is 70.3 Å². The van der Waals surface area contributed by atoms with E-state index in [4.69, 9.17) is 0 Å². The van der Waals surface area contributed by atoms with Crippen LogP contribution in [0.3, 0.4) is 0 Å². The second-order valence-electron chi connectivity index (χ2n) is 4.69. The summed E-state index contributed by atoms with van der Waals surface area (Å²) in [6.07, 6.45) is 4.70. The Morgan fingerprint density at radius 1 is 1.37 bits per heavy atom. The number of nitrogens with one attached hydrogen (secondary N) is 1. The minimum absolute atomic E-state index is 0.0243. The van der Waals surface area contributed by atoms with Crippen LogP contribution in [-0.4, -0.2) is 26.5 Å². The minimum atomic E-state index is -0.0243. The van der Waals surface area contributed by atoms with Gasteiger partial charge in [0.1, 0.15) is 11.5 Å². The summed E-state index contributed by atoms with van der Waals surface area (Å²) in [5, 5.41) is 26.6. The summed E-state index contributed by atoms with van der Waals surface area (Å²) in [6, 6.07) is 4.53. The third-order valence-corrected chi connectivity index (χ3v) is 3.10. The largest absolute Gasteiger partial charge is 0.508 e. The molecule has 0 aliphatic carbocycles. The van der Waals surface area contributed by atoms with E-state index in [2.05, 4.69) is 10.4 Å². The molecule has 1 heterocycles. The van der Waals surface area contributed by atoms with Gasteiger partial charge in [0, 0.05) is 24.8 Å². The molecule has 0 saturated carbocycles. The standard InChI is InChI=1S/C14H19N3O2/c1-10(13-7-12(18)3-4-14(13)19)15-6-5-11-8-16-17(2)9-11/h3-4,7-10,15,18-19H,5-6H2,1-2H3. The SMILES string of the molecule is CC(NCCc1cnn(C)c1)c1cc(O)ccc1O. The van der Waals surface area contributed by atoms with Gasteiger partial charge in [0.05, 0.1) is 6.20 Å². The summed E-state index contributed by atoms with van der Waals surface area (Å²) in [6.45, 7) is 2.74. The van der Waals surface area contributed by atoms with Gasteiger partial charge in [-0.3, -0.25) is 4.68 Å². The number of aromatic hydroxyl groups is 2. The molecule has 5 nitrogen and oxygen atoms in total. The number of hydrogen-bond donors (Lipinski definition) is 3. The van der Waals surface area contributed by atoms with Crippen LogP contribution < -0.4 is 5.32 Å². The molecule has 0 amide bonds. The summed E-state index contributed by atoms with van der Waals surface area (Å²) in [4.78, 5) is 0. The highest BCUT2D eigenvalue weighted by Crippen LogP contribution is 2.27. The lowest BCUT2D eigenvalue weighted by Gasteiger charge is -2.15. The Labute approximate surface area is 112 Å². The second kappa shape index (κ2) is 5.75. The Kier molecular flexibility index (Phi) is 4.06. The lowest BCUT2D eigenvalue weighted by atomic mass is 10.1. The summed E-state index contributed by atoms with van der Waals surface area (Å²) >= 11 is 0. The van der Waals surface area contributed by atoms with E-state index in [-0.39, 0.29) is 17.5 Å². The van der Waals surface area contributed by atoms with Crippen molar-refractivity contribution in [3.8, 4) is 11.5 Å². The van der Waals surface area contributed by atoms with Crippen LogP contribution in [0.5, 0.6) is 11.5 Å². The van der Waals surface area contributed by atoms with Gasteiger partial charge in [0.2, 0.25) is 0 Å². The van der Waals surface area contributed by atoms with Crippen molar-refractivity contribution in [2.75, 3.05) is 6.54 Å². The molecule has 19 heavy (non-hydrogen) atoms. The lowest BCUT2D eigenvalue weighted by molar-refractivity contribution is 0.441. The normalized spacial score (nSPS) is 12.5. The molecule has 1 aromatic carbocycles. The van der Waals surface area contributed by atoms with Crippen molar-refractivity contribution in [3.63, 3.8) is 0 Å². The molecule has 0 radical (unpaired) electrons. The zero-order valence-corrected chi connectivity index (χ0v) is 11.2. The summed E-state index contributed by atoms with van der Waals surface area (Å²) in [5.41, 5.74) is 1.87. The molecular weight excluding hydrogens is 242 g/mol. The molecule has 0 aliphatic rings. The highest BCUT2D eigenvalue weighted by molar-refractivity contribution is 5.40. The third-order valence-electron chi connectivity index (χ3n) is 3.10. The maximum absolute atomic E-state index is 9.76. The molecule has 0 fully saturated rings. The van der Waals surface area contributed by atoms with Gasteiger partial charge >= 0.3 is 0 Å². The zero-order valence-electron chi connectivity index (χ0n) is 11.2. The first-order valence-corrected chi connectivity index (χ1v) is 6.29. The van der Waals surface area contributed by atoms with E-state index in [1.807, 2.05) is 26.4 Å². The molecule has 2 aromatic rings. The van der Waals surface area contributed by atoms with E-state index < -0.39 is 0 Å². The Balaban J connectivity index is 1.90. The molecular formula is C14H19N3O2. The quantitative estimate of drug-likeness (QED) is 0.717. The van der Waals surface area contributed by atoms with Gasteiger partial charge in [-0.2, -0.15) is 5.10 Å². The fourth-order valence-corrected chi connectivity index (χ4v) is 2.03. The molecule has 0 bridgehead atoms. The first kappa shape index (κ1) is 13.4. The van der Waals surface area contributed by atoms with Crippen molar-refractivity contribution >= 4 is 0 Å². The Morgan fingerprint density at radius 3 is 2.84 bits per heavy atom. The predicted octanol–water partition coefficient (Wildman–Crippen LogP) is 1.72. The van der Waals surface area contributed by atoms with Crippen LogP contribution in [-0.2, 0) is 13.5 Å². The molecule has 1 aromatic heterocycles. The van der Waals surface area contributed by atoms with E-state index in [9.17, 15) is 10.2 Å². The highest BCUT2D eigenvalue weighted by atomic mass is 16.3. The van der Waals surface area contributed by atoms with Crippen molar-refractivity contribution < 1.29 is 10.2 Å². The Bertz CT molecular complexity index is 551. The number of aromatic nitrogens is 2. The van der Waals surface area contributed by atoms with Crippen molar-refractivity contribution in [2.45, 2.75) is 19.4 Å². The van der Waals surface area contributed by atoms with Crippen LogP contribution in [0, 0.1) is 0 Å². The van der Waals surface area contributed by atoms with Crippen LogP contribution in [0.15, 0.2) is 30.6 Å². The number of aryl methyl sites for hydroxylation is 1. The molecule has 102 valence electrons. The second-order valence-corrected chi connectivity index (χ2v) is 4.69. The molecule has 0 saturated heterocycles. The van der Waals surface area contributed by atoms with E-state index in [0.717, 1.165) is 13.0 Å². The number of hydrogen-bond acceptors (Lipinski definition) is 4. The van der Waals surface area contributed by atoms with Crippen molar-refractivity contribution in [1.82, 2.24) is 15.1 Å². The number of phenolic OH excluding ortho intramolecular Hbond substituents is 2. The average molecular weight is 261 g/mol. The molecule has 5 heteroatoms. The van der Waals surface area contributed by atoms with E-state index in [0.29, 0.717) is 5.56 Å². The number of nitrogens with zero attached hydrogens (tertiary/aromatic N) is 2. The van der Waals surface area contributed by atoms with Crippen LogP contribution >= 0.6 is 0 Å². The number of rotatable bonds is 5. The number of phenols is 2. The van der Waals surface area contributed by atoms with E-state index in [1.165, 1.54) is 17.7 Å². The van der Waals surface area contributed by atoms with Gasteiger partial charge in [0.15, 0.2) is 0 Å². The maximum Gasteiger partial charge on any atom is 0.120 e. The smallest absolute Gasteiger partial charge is 0.120 e. The van der Waals surface area contributed by atoms with E-state index in [1.54, 1.807) is 10.7 Å². The predicted molar refractivity (Wildman–Crippen MR) is 73.1 cm³/mol. The van der Waals surface area contributed by atoms with Crippen LogP contribution in [0.4, 0.5) is 0 Å². The lowest BCUT2D eigenvalue weighted by Crippen LogP contribution is -2.21. The summed E-state index contributed by atoms with van der Waals surface area (Å²) in [5.74, 6) is 0.355. The monoisotopic (exact) mass is 261 g/mol. The van der Waals surface area contributed by atoms with Gasteiger partial charge in [-0.15, -0.1) is 0 Å². The average Bonchev–Trinajstić information content (AvgIpc) is 2.78. The molecule has 0 aliphatic heterocycles. The highest BCUT2D eigenvalue weighted by Gasteiger charge is 2.10. The van der Waals surface area contributed by atoms with Gasteiger partial charge in [-0.1, -0.05) is 0 Å². The van der Waals surface area contributed by atoms with Gasteiger partial charge in [-0.05, 0) is 43.7 Å².